The molecule has 2 aromatic heterocycles. The number of nitrogens with zero attached hydrogens (tertiary/aromatic N) is 3. The third kappa shape index (κ3) is 3.02. The van der Waals surface area contributed by atoms with Gasteiger partial charge in [0.25, 0.3) is 0 Å². The van der Waals surface area contributed by atoms with Crippen LogP contribution in [0.3, 0.4) is 0 Å². The Morgan fingerprint density at radius 1 is 1.20 bits per heavy atom. The Morgan fingerprint density at radius 3 is 2.83 bits per heavy atom. The standard InChI is InChI=1S/C23H16ClN3O3/c1-27-22-17(6-3-7-20(22)30-15-5-2-4-14(24)12-15)21(26-27)13-10-18-16(23(28)29)8-9-25-19(18)11-13/h2-9,11-12H,10H2,1H3,(H,28,29). The second kappa shape index (κ2) is 7.00. The number of para-hydroxylation sites is 1. The number of halogens is 1. The first-order valence-electron chi connectivity index (χ1n) is 9.32. The van der Waals surface area contributed by atoms with E-state index in [1.807, 2.05) is 43.5 Å². The van der Waals surface area contributed by atoms with Crippen LogP contribution >= 0.6 is 11.6 Å². The maximum atomic E-state index is 11.6. The zero-order valence-electron chi connectivity index (χ0n) is 16.0. The molecule has 7 heteroatoms. The molecule has 4 aromatic rings. The summed E-state index contributed by atoms with van der Waals surface area (Å²) in [5.74, 6) is 0.350. The normalized spacial score (nSPS) is 12.7. The van der Waals surface area contributed by atoms with Crippen molar-refractivity contribution in [1.82, 2.24) is 14.8 Å². The Bertz CT molecular complexity index is 1360. The van der Waals surface area contributed by atoms with Gasteiger partial charge in [0.05, 0.1) is 17.0 Å². The number of pyridine rings is 1. The van der Waals surface area contributed by atoms with Crippen molar-refractivity contribution in [3.63, 3.8) is 0 Å². The number of ether oxygens (including phenoxy) is 1. The number of hydrogen-bond donors (Lipinski definition) is 1. The number of benzene rings is 2. The van der Waals surface area contributed by atoms with Gasteiger partial charge in [0.2, 0.25) is 0 Å². The van der Waals surface area contributed by atoms with Crippen molar-refractivity contribution in [2.45, 2.75) is 6.42 Å². The Hall–Kier alpha value is -3.64. The molecule has 2 heterocycles. The number of aromatic nitrogens is 3. The van der Waals surface area contributed by atoms with E-state index in [2.05, 4.69) is 4.98 Å². The first-order chi connectivity index (χ1) is 14.5. The SMILES string of the molecule is Cn1nc(C2=Cc3nccc(C(=O)O)c3C2)c2cccc(Oc3cccc(Cl)c3)c21. The molecule has 0 amide bonds. The topological polar surface area (TPSA) is 77.2 Å². The van der Waals surface area contributed by atoms with E-state index in [0.29, 0.717) is 34.2 Å². The predicted molar refractivity (Wildman–Crippen MR) is 115 cm³/mol. The number of hydrogen-bond acceptors (Lipinski definition) is 4. The highest BCUT2D eigenvalue weighted by molar-refractivity contribution is 6.30. The van der Waals surface area contributed by atoms with Crippen molar-refractivity contribution in [2.24, 2.45) is 7.05 Å². The molecule has 0 atom stereocenters. The average Bonchev–Trinajstić information content (AvgIpc) is 3.29. The van der Waals surface area contributed by atoms with E-state index in [4.69, 9.17) is 21.4 Å². The molecule has 0 saturated heterocycles. The number of carbonyl (C=O) groups is 1. The van der Waals surface area contributed by atoms with Crippen LogP contribution in [-0.4, -0.2) is 25.8 Å². The van der Waals surface area contributed by atoms with E-state index >= 15 is 0 Å². The highest BCUT2D eigenvalue weighted by Gasteiger charge is 2.25. The Morgan fingerprint density at radius 2 is 2.03 bits per heavy atom. The van der Waals surface area contributed by atoms with E-state index < -0.39 is 5.97 Å². The fraction of sp³-hybridized carbons (Fsp3) is 0.0870. The minimum absolute atomic E-state index is 0.275. The first-order valence-corrected chi connectivity index (χ1v) is 9.70. The number of aryl methyl sites for hydroxylation is 1. The molecule has 30 heavy (non-hydrogen) atoms. The van der Waals surface area contributed by atoms with Crippen LogP contribution in [0.5, 0.6) is 11.5 Å². The first kappa shape index (κ1) is 18.4. The number of aromatic carboxylic acids is 1. The van der Waals surface area contributed by atoms with Crippen LogP contribution in [0.1, 0.15) is 27.3 Å². The fourth-order valence-electron chi connectivity index (χ4n) is 3.86. The summed E-state index contributed by atoms with van der Waals surface area (Å²) < 4.78 is 7.86. The fourth-order valence-corrected chi connectivity index (χ4v) is 4.04. The lowest BCUT2D eigenvalue weighted by Crippen LogP contribution is -2.03. The second-order valence-corrected chi connectivity index (χ2v) is 7.49. The maximum Gasteiger partial charge on any atom is 0.336 e. The van der Waals surface area contributed by atoms with Crippen molar-refractivity contribution >= 4 is 40.1 Å². The van der Waals surface area contributed by atoms with Crippen LogP contribution < -0.4 is 4.74 Å². The van der Waals surface area contributed by atoms with Gasteiger partial charge in [-0.2, -0.15) is 5.10 Å². The van der Waals surface area contributed by atoms with Gasteiger partial charge in [-0.15, -0.1) is 0 Å². The van der Waals surface area contributed by atoms with Crippen molar-refractivity contribution in [3.05, 3.63) is 82.3 Å². The summed E-state index contributed by atoms with van der Waals surface area (Å²) in [6.45, 7) is 0. The van der Waals surface area contributed by atoms with Crippen molar-refractivity contribution in [3.8, 4) is 11.5 Å². The number of carboxylic acids is 1. The molecule has 1 N–H and O–H groups in total. The smallest absolute Gasteiger partial charge is 0.336 e. The molecule has 0 aliphatic heterocycles. The minimum Gasteiger partial charge on any atom is -0.478 e. The van der Waals surface area contributed by atoms with E-state index in [-0.39, 0.29) is 5.56 Å². The molecular formula is C23H16ClN3O3. The third-order valence-corrected chi connectivity index (χ3v) is 5.39. The Labute approximate surface area is 177 Å². The van der Waals surface area contributed by atoms with Crippen LogP contribution in [0.25, 0.3) is 22.6 Å². The Balaban J connectivity index is 1.58. The van der Waals surface area contributed by atoms with Gasteiger partial charge < -0.3 is 9.84 Å². The van der Waals surface area contributed by atoms with Crippen molar-refractivity contribution < 1.29 is 14.6 Å². The molecule has 148 valence electrons. The molecule has 5 rings (SSSR count). The van der Waals surface area contributed by atoms with Gasteiger partial charge in [0, 0.05) is 30.1 Å². The van der Waals surface area contributed by atoms with Crippen LogP contribution in [0.2, 0.25) is 5.02 Å². The molecule has 0 bridgehead atoms. The molecular weight excluding hydrogens is 402 g/mol. The summed E-state index contributed by atoms with van der Waals surface area (Å²) in [6.07, 6.45) is 3.90. The van der Waals surface area contributed by atoms with Gasteiger partial charge in [0.15, 0.2) is 5.75 Å². The van der Waals surface area contributed by atoms with Gasteiger partial charge in [-0.3, -0.25) is 9.67 Å². The summed E-state index contributed by atoms with van der Waals surface area (Å²) in [5.41, 5.74) is 4.22. The Kier molecular flexibility index (Phi) is 4.29. The highest BCUT2D eigenvalue weighted by Crippen LogP contribution is 2.38. The number of rotatable bonds is 4. The number of fused-ring (bicyclic) bond motifs is 2. The lowest BCUT2D eigenvalue weighted by atomic mass is 10.0. The van der Waals surface area contributed by atoms with Gasteiger partial charge in [-0.1, -0.05) is 29.8 Å². The lowest BCUT2D eigenvalue weighted by molar-refractivity contribution is 0.0695. The van der Waals surface area contributed by atoms with Crippen LogP contribution in [0.4, 0.5) is 0 Å². The molecule has 0 spiro atoms. The predicted octanol–water partition coefficient (Wildman–Crippen LogP) is 5.21. The maximum absolute atomic E-state index is 11.6. The lowest BCUT2D eigenvalue weighted by Gasteiger charge is -2.08. The molecule has 1 aliphatic rings. The van der Waals surface area contributed by atoms with Crippen LogP contribution in [-0.2, 0) is 13.5 Å². The summed E-state index contributed by atoms with van der Waals surface area (Å²) >= 11 is 6.08. The number of carboxylic acid groups (broad SMARTS) is 1. The molecule has 0 radical (unpaired) electrons. The number of allylic oxidation sites excluding steroid dienone is 1. The van der Waals surface area contributed by atoms with Crippen molar-refractivity contribution in [1.29, 1.82) is 0 Å². The van der Waals surface area contributed by atoms with E-state index in [0.717, 1.165) is 22.2 Å². The average molecular weight is 418 g/mol. The largest absolute Gasteiger partial charge is 0.478 e. The highest BCUT2D eigenvalue weighted by atomic mass is 35.5. The van der Waals surface area contributed by atoms with E-state index in [1.54, 1.807) is 16.8 Å². The zero-order valence-corrected chi connectivity index (χ0v) is 16.7. The summed E-state index contributed by atoms with van der Waals surface area (Å²) in [4.78, 5) is 15.9. The molecule has 2 aromatic carbocycles. The zero-order chi connectivity index (χ0) is 20.8. The summed E-state index contributed by atoms with van der Waals surface area (Å²) in [7, 11) is 1.86. The minimum atomic E-state index is -0.952. The van der Waals surface area contributed by atoms with E-state index in [9.17, 15) is 9.90 Å². The second-order valence-electron chi connectivity index (χ2n) is 7.06. The third-order valence-electron chi connectivity index (χ3n) is 5.15. The quantitative estimate of drug-likeness (QED) is 0.493. The molecule has 0 saturated carbocycles. The van der Waals surface area contributed by atoms with Gasteiger partial charge in [0.1, 0.15) is 11.3 Å². The molecule has 6 nitrogen and oxygen atoms in total. The molecule has 0 fully saturated rings. The molecule has 1 aliphatic carbocycles. The van der Waals surface area contributed by atoms with Crippen molar-refractivity contribution in [2.75, 3.05) is 0 Å². The van der Waals surface area contributed by atoms with E-state index in [1.165, 1.54) is 12.3 Å². The van der Waals surface area contributed by atoms with Gasteiger partial charge >= 0.3 is 5.97 Å². The summed E-state index contributed by atoms with van der Waals surface area (Å²) in [6, 6.07) is 14.5. The van der Waals surface area contributed by atoms with Crippen LogP contribution in [0, 0.1) is 0 Å². The summed E-state index contributed by atoms with van der Waals surface area (Å²) in [5, 5.41) is 15.7. The van der Waals surface area contributed by atoms with Gasteiger partial charge in [-0.05, 0) is 47.5 Å². The molecule has 0 unspecified atom stereocenters. The van der Waals surface area contributed by atoms with Gasteiger partial charge in [-0.25, -0.2) is 4.79 Å². The van der Waals surface area contributed by atoms with Crippen LogP contribution in [0.15, 0.2) is 54.7 Å². The monoisotopic (exact) mass is 417 g/mol.